The molecule has 0 aliphatic rings. The first kappa shape index (κ1) is 14.7. The number of nitrogens with one attached hydrogen (secondary N) is 1. The standard InChI is InChI=1S/C13H24BrN3/c1-5-8-15-12(10(2)3)6-7-13-11(14)9-16-17(13)4/h9-10,12,15H,5-8H2,1-4H3. The average molecular weight is 302 g/mol. The Labute approximate surface area is 113 Å². The van der Waals surface area contributed by atoms with E-state index < -0.39 is 0 Å². The maximum atomic E-state index is 4.25. The molecule has 1 aromatic heterocycles. The molecule has 1 heterocycles. The highest BCUT2D eigenvalue weighted by atomic mass is 79.9. The zero-order chi connectivity index (χ0) is 12.8. The van der Waals surface area contributed by atoms with Crippen LogP contribution in [0.2, 0.25) is 0 Å². The largest absolute Gasteiger partial charge is 0.314 e. The molecule has 0 aliphatic heterocycles. The van der Waals surface area contributed by atoms with Crippen LogP contribution < -0.4 is 5.32 Å². The molecule has 1 rings (SSSR count). The van der Waals surface area contributed by atoms with Crippen molar-refractivity contribution in [2.45, 2.75) is 46.1 Å². The topological polar surface area (TPSA) is 29.9 Å². The predicted molar refractivity (Wildman–Crippen MR) is 76.1 cm³/mol. The van der Waals surface area contributed by atoms with Gasteiger partial charge in [-0.2, -0.15) is 5.10 Å². The molecule has 0 bridgehead atoms. The lowest BCUT2D eigenvalue weighted by Crippen LogP contribution is -2.35. The summed E-state index contributed by atoms with van der Waals surface area (Å²) in [4.78, 5) is 0. The zero-order valence-corrected chi connectivity index (χ0v) is 12.9. The fourth-order valence-corrected chi connectivity index (χ4v) is 2.56. The first-order chi connectivity index (χ1) is 8.06. The fourth-order valence-electron chi connectivity index (χ4n) is 2.01. The van der Waals surface area contributed by atoms with E-state index >= 15 is 0 Å². The second-order valence-corrected chi connectivity index (χ2v) is 5.76. The minimum absolute atomic E-state index is 0.594. The molecule has 1 aromatic rings. The Morgan fingerprint density at radius 2 is 2.18 bits per heavy atom. The highest BCUT2D eigenvalue weighted by Gasteiger charge is 2.14. The van der Waals surface area contributed by atoms with E-state index in [1.54, 1.807) is 0 Å². The van der Waals surface area contributed by atoms with E-state index in [0.717, 1.165) is 23.9 Å². The van der Waals surface area contributed by atoms with Crippen LogP contribution in [0, 0.1) is 5.92 Å². The molecule has 4 heteroatoms. The van der Waals surface area contributed by atoms with Crippen molar-refractivity contribution >= 4 is 15.9 Å². The van der Waals surface area contributed by atoms with E-state index in [1.807, 2.05) is 17.9 Å². The van der Waals surface area contributed by atoms with Crippen molar-refractivity contribution in [3.63, 3.8) is 0 Å². The Bertz CT molecular complexity index is 314. The molecule has 0 radical (unpaired) electrons. The van der Waals surface area contributed by atoms with E-state index in [-0.39, 0.29) is 0 Å². The normalized spacial score (nSPS) is 13.3. The average Bonchev–Trinajstić information content (AvgIpc) is 2.59. The summed E-state index contributed by atoms with van der Waals surface area (Å²) >= 11 is 3.55. The summed E-state index contributed by atoms with van der Waals surface area (Å²) in [5.41, 5.74) is 1.29. The van der Waals surface area contributed by atoms with Gasteiger partial charge in [-0.15, -0.1) is 0 Å². The first-order valence-electron chi connectivity index (χ1n) is 6.46. The molecule has 0 fully saturated rings. The van der Waals surface area contributed by atoms with Gasteiger partial charge in [0.15, 0.2) is 0 Å². The molecule has 0 amide bonds. The molecule has 0 aliphatic carbocycles. The van der Waals surface area contributed by atoms with Crippen LogP contribution in [0.3, 0.4) is 0 Å². The molecule has 98 valence electrons. The molecule has 0 saturated heterocycles. The summed E-state index contributed by atoms with van der Waals surface area (Å²) in [6, 6.07) is 0.594. The molecule has 1 atom stereocenters. The molecule has 1 N–H and O–H groups in total. The number of nitrogens with zero attached hydrogens (tertiary/aromatic N) is 2. The second kappa shape index (κ2) is 7.17. The summed E-state index contributed by atoms with van der Waals surface area (Å²) in [6.45, 7) is 7.88. The third-order valence-electron chi connectivity index (χ3n) is 3.16. The second-order valence-electron chi connectivity index (χ2n) is 4.91. The Morgan fingerprint density at radius 3 is 2.65 bits per heavy atom. The minimum Gasteiger partial charge on any atom is -0.314 e. The van der Waals surface area contributed by atoms with Crippen molar-refractivity contribution in [3.8, 4) is 0 Å². The molecule has 0 spiro atoms. The van der Waals surface area contributed by atoms with Crippen LogP contribution in [-0.2, 0) is 13.5 Å². The number of halogens is 1. The molecule has 17 heavy (non-hydrogen) atoms. The Kier molecular flexibility index (Phi) is 6.20. The third kappa shape index (κ3) is 4.43. The van der Waals surface area contributed by atoms with E-state index in [4.69, 9.17) is 0 Å². The van der Waals surface area contributed by atoms with Crippen LogP contribution in [0.1, 0.15) is 39.3 Å². The van der Waals surface area contributed by atoms with Gasteiger partial charge < -0.3 is 5.32 Å². The van der Waals surface area contributed by atoms with E-state index in [9.17, 15) is 0 Å². The Balaban J connectivity index is 2.51. The van der Waals surface area contributed by atoms with E-state index in [2.05, 4.69) is 47.1 Å². The van der Waals surface area contributed by atoms with Gasteiger partial charge in [0.2, 0.25) is 0 Å². The monoisotopic (exact) mass is 301 g/mol. The molecule has 3 nitrogen and oxygen atoms in total. The number of aryl methyl sites for hydroxylation is 1. The summed E-state index contributed by atoms with van der Waals surface area (Å²) in [5, 5.41) is 7.88. The highest BCUT2D eigenvalue weighted by Crippen LogP contribution is 2.18. The number of hydrogen-bond acceptors (Lipinski definition) is 2. The summed E-state index contributed by atoms with van der Waals surface area (Å²) in [7, 11) is 2.00. The van der Waals surface area contributed by atoms with Crippen LogP contribution in [0.25, 0.3) is 0 Å². The van der Waals surface area contributed by atoms with Crippen molar-refractivity contribution in [1.29, 1.82) is 0 Å². The lowest BCUT2D eigenvalue weighted by atomic mass is 9.98. The fraction of sp³-hybridized carbons (Fsp3) is 0.769. The van der Waals surface area contributed by atoms with Crippen LogP contribution in [0.15, 0.2) is 10.7 Å². The SMILES string of the molecule is CCCNC(CCc1c(Br)cnn1C)C(C)C. The molecular formula is C13H24BrN3. The molecular weight excluding hydrogens is 278 g/mol. The van der Waals surface area contributed by atoms with Gasteiger partial charge in [0.1, 0.15) is 0 Å². The van der Waals surface area contributed by atoms with Crippen LogP contribution in [-0.4, -0.2) is 22.4 Å². The van der Waals surface area contributed by atoms with Crippen molar-refractivity contribution in [2.24, 2.45) is 13.0 Å². The van der Waals surface area contributed by atoms with Crippen LogP contribution >= 0.6 is 15.9 Å². The lowest BCUT2D eigenvalue weighted by molar-refractivity contribution is 0.375. The van der Waals surface area contributed by atoms with Gasteiger partial charge in [0.05, 0.1) is 16.4 Å². The number of hydrogen-bond donors (Lipinski definition) is 1. The van der Waals surface area contributed by atoms with Crippen molar-refractivity contribution < 1.29 is 0 Å². The van der Waals surface area contributed by atoms with Crippen molar-refractivity contribution in [2.75, 3.05) is 6.54 Å². The quantitative estimate of drug-likeness (QED) is 0.838. The van der Waals surface area contributed by atoms with Crippen LogP contribution in [0.5, 0.6) is 0 Å². The van der Waals surface area contributed by atoms with Gasteiger partial charge >= 0.3 is 0 Å². The Hall–Kier alpha value is -0.350. The minimum atomic E-state index is 0.594. The third-order valence-corrected chi connectivity index (χ3v) is 3.83. The maximum absolute atomic E-state index is 4.25. The van der Waals surface area contributed by atoms with Crippen molar-refractivity contribution in [1.82, 2.24) is 15.1 Å². The lowest BCUT2D eigenvalue weighted by Gasteiger charge is -2.22. The molecule has 0 saturated carbocycles. The van der Waals surface area contributed by atoms with Gasteiger partial charge in [-0.25, -0.2) is 0 Å². The number of rotatable bonds is 7. The van der Waals surface area contributed by atoms with Crippen molar-refractivity contribution in [3.05, 3.63) is 16.4 Å². The first-order valence-corrected chi connectivity index (χ1v) is 7.25. The maximum Gasteiger partial charge on any atom is 0.0635 e. The smallest absolute Gasteiger partial charge is 0.0635 e. The van der Waals surface area contributed by atoms with Crippen LogP contribution in [0.4, 0.5) is 0 Å². The van der Waals surface area contributed by atoms with Gasteiger partial charge in [-0.1, -0.05) is 20.8 Å². The summed E-state index contributed by atoms with van der Waals surface area (Å²) < 4.78 is 3.08. The number of aromatic nitrogens is 2. The Morgan fingerprint density at radius 1 is 1.47 bits per heavy atom. The molecule has 1 unspecified atom stereocenters. The summed E-state index contributed by atoms with van der Waals surface area (Å²) in [5.74, 6) is 0.675. The van der Waals surface area contributed by atoms with Gasteiger partial charge in [0.25, 0.3) is 0 Å². The molecule has 0 aromatic carbocycles. The predicted octanol–water partition coefficient (Wildman–Crippen LogP) is 3.14. The zero-order valence-electron chi connectivity index (χ0n) is 11.3. The summed E-state index contributed by atoms with van der Waals surface area (Å²) in [6.07, 6.45) is 5.30. The van der Waals surface area contributed by atoms with E-state index in [1.165, 1.54) is 12.1 Å². The van der Waals surface area contributed by atoms with E-state index in [0.29, 0.717) is 12.0 Å². The van der Waals surface area contributed by atoms with Gasteiger partial charge in [-0.05, 0) is 47.7 Å². The van der Waals surface area contributed by atoms with Gasteiger partial charge in [-0.3, -0.25) is 4.68 Å². The highest BCUT2D eigenvalue weighted by molar-refractivity contribution is 9.10. The van der Waals surface area contributed by atoms with Gasteiger partial charge in [0, 0.05) is 13.1 Å².